The molecule has 1 spiro atoms. The Labute approximate surface area is 197 Å². The van der Waals surface area contributed by atoms with E-state index in [2.05, 4.69) is 35.0 Å². The fourth-order valence-corrected chi connectivity index (χ4v) is 5.50. The number of aliphatic hydroxyl groups is 1. The molecule has 0 unspecified atom stereocenters. The Kier molecular flexibility index (Phi) is 5.05. The highest BCUT2D eigenvalue weighted by atomic mass is 16.5. The lowest BCUT2D eigenvalue weighted by Crippen LogP contribution is -2.51. The summed E-state index contributed by atoms with van der Waals surface area (Å²) in [6.45, 7) is 7.06. The summed E-state index contributed by atoms with van der Waals surface area (Å²) in [6.07, 6.45) is 5.58. The van der Waals surface area contributed by atoms with Crippen LogP contribution in [0.3, 0.4) is 0 Å². The highest BCUT2D eigenvalue weighted by Gasteiger charge is 2.47. The average Bonchev–Trinajstić information content (AvgIpc) is 3.55. The van der Waals surface area contributed by atoms with Crippen molar-refractivity contribution in [2.45, 2.75) is 52.0 Å². The van der Waals surface area contributed by atoms with Gasteiger partial charge in [-0.3, -0.25) is 4.68 Å². The molecular weight excluding hydrogens is 432 g/mol. The number of benzene rings is 1. The van der Waals surface area contributed by atoms with Gasteiger partial charge in [0.05, 0.1) is 42.9 Å². The lowest BCUT2D eigenvalue weighted by Gasteiger charge is -2.41. The smallest absolute Gasteiger partial charge is 0.182 e. The first-order valence-corrected chi connectivity index (χ1v) is 12.0. The molecule has 5 heterocycles. The number of ether oxygens (including phenoxy) is 1. The number of nitrogens with zero attached hydrogens (tertiary/aromatic N) is 7. The van der Waals surface area contributed by atoms with Crippen LogP contribution in [0, 0.1) is 5.41 Å². The first-order valence-electron chi connectivity index (χ1n) is 12.0. The van der Waals surface area contributed by atoms with Gasteiger partial charge < -0.3 is 20.5 Å². The van der Waals surface area contributed by atoms with E-state index in [4.69, 9.17) is 20.4 Å². The first-order chi connectivity index (χ1) is 16.5. The number of aromatic nitrogens is 6. The number of piperidine rings is 1. The van der Waals surface area contributed by atoms with Gasteiger partial charge >= 0.3 is 0 Å². The fourth-order valence-electron chi connectivity index (χ4n) is 5.50. The summed E-state index contributed by atoms with van der Waals surface area (Å²) in [5.74, 6) is 0.726. The molecule has 178 valence electrons. The van der Waals surface area contributed by atoms with E-state index in [0.717, 1.165) is 61.5 Å². The van der Waals surface area contributed by atoms with E-state index in [1.54, 1.807) is 10.9 Å². The third-order valence-corrected chi connectivity index (χ3v) is 7.68. The van der Waals surface area contributed by atoms with Crippen molar-refractivity contribution in [3.8, 4) is 5.69 Å². The minimum Gasteiger partial charge on any atom is -0.390 e. The molecule has 6 rings (SSSR count). The molecule has 4 aromatic rings. The van der Waals surface area contributed by atoms with E-state index < -0.39 is 0 Å². The maximum Gasteiger partial charge on any atom is 0.182 e. The minimum atomic E-state index is -0.188. The molecule has 2 fully saturated rings. The van der Waals surface area contributed by atoms with Gasteiger partial charge in [-0.05, 0) is 44.9 Å². The second kappa shape index (κ2) is 8.00. The zero-order valence-electron chi connectivity index (χ0n) is 19.6. The molecule has 0 radical (unpaired) electrons. The van der Waals surface area contributed by atoms with Gasteiger partial charge in [-0.15, -0.1) is 0 Å². The number of anilines is 1. The molecular formula is C24H30N8O2. The summed E-state index contributed by atoms with van der Waals surface area (Å²) in [7, 11) is 0. The normalized spacial score (nSPS) is 22.4. The van der Waals surface area contributed by atoms with Crippen molar-refractivity contribution >= 4 is 27.9 Å². The van der Waals surface area contributed by atoms with Crippen molar-refractivity contribution in [1.82, 2.24) is 29.5 Å². The Morgan fingerprint density at radius 2 is 2.00 bits per heavy atom. The van der Waals surface area contributed by atoms with Crippen LogP contribution in [0.25, 0.3) is 27.8 Å². The Morgan fingerprint density at radius 1 is 1.18 bits per heavy atom. The number of aliphatic hydroxyl groups excluding tert-OH is 1. The first kappa shape index (κ1) is 21.5. The van der Waals surface area contributed by atoms with E-state index in [1.165, 1.54) is 0 Å². The number of aryl methyl sites for hydroxylation is 1. The van der Waals surface area contributed by atoms with E-state index in [9.17, 15) is 5.11 Å². The van der Waals surface area contributed by atoms with Crippen molar-refractivity contribution in [2.75, 3.05) is 24.6 Å². The Balaban J connectivity index is 1.33. The number of rotatable bonds is 4. The minimum absolute atomic E-state index is 0.0291. The van der Waals surface area contributed by atoms with Crippen LogP contribution in [0.15, 0.2) is 30.6 Å². The Morgan fingerprint density at radius 3 is 2.71 bits per heavy atom. The molecule has 10 heteroatoms. The molecule has 0 aliphatic carbocycles. The van der Waals surface area contributed by atoms with Gasteiger partial charge in [-0.2, -0.15) is 10.2 Å². The van der Waals surface area contributed by atoms with E-state index in [-0.39, 0.29) is 24.2 Å². The lowest BCUT2D eigenvalue weighted by atomic mass is 9.73. The predicted octanol–water partition coefficient (Wildman–Crippen LogP) is 2.01. The second-order valence-corrected chi connectivity index (χ2v) is 9.51. The molecule has 3 N–H and O–H groups in total. The van der Waals surface area contributed by atoms with Gasteiger partial charge in [0.2, 0.25) is 0 Å². The summed E-state index contributed by atoms with van der Waals surface area (Å²) < 4.78 is 9.59. The van der Waals surface area contributed by atoms with Crippen LogP contribution >= 0.6 is 0 Å². The molecule has 2 aliphatic heterocycles. The van der Waals surface area contributed by atoms with Gasteiger partial charge in [-0.1, -0.05) is 0 Å². The second-order valence-electron chi connectivity index (χ2n) is 9.51. The molecule has 2 atom stereocenters. The fraction of sp³-hybridized carbons (Fsp3) is 0.500. The molecule has 1 aromatic carbocycles. The van der Waals surface area contributed by atoms with Crippen molar-refractivity contribution < 1.29 is 9.84 Å². The molecule has 0 saturated carbocycles. The highest BCUT2D eigenvalue weighted by Crippen LogP contribution is 2.42. The monoisotopic (exact) mass is 462 g/mol. The summed E-state index contributed by atoms with van der Waals surface area (Å²) in [6, 6.07) is 6.15. The third-order valence-electron chi connectivity index (χ3n) is 7.68. The number of hydrogen-bond acceptors (Lipinski definition) is 8. The van der Waals surface area contributed by atoms with Gasteiger partial charge in [-0.25, -0.2) is 14.6 Å². The molecule has 2 saturated heterocycles. The van der Waals surface area contributed by atoms with Crippen molar-refractivity contribution in [3.05, 3.63) is 36.3 Å². The topological polar surface area (TPSA) is 120 Å². The molecule has 34 heavy (non-hydrogen) atoms. The van der Waals surface area contributed by atoms with Crippen molar-refractivity contribution in [1.29, 1.82) is 0 Å². The zero-order chi connectivity index (χ0) is 23.4. The van der Waals surface area contributed by atoms with Crippen LogP contribution < -0.4 is 10.6 Å². The van der Waals surface area contributed by atoms with Crippen molar-refractivity contribution in [3.63, 3.8) is 0 Å². The summed E-state index contributed by atoms with van der Waals surface area (Å²) in [4.78, 5) is 11.9. The largest absolute Gasteiger partial charge is 0.390 e. The number of nitrogens with two attached hydrogens (primary N) is 1. The molecule has 0 bridgehead atoms. The molecule has 0 amide bonds. The number of hydrogen-bond donors (Lipinski definition) is 2. The maximum absolute atomic E-state index is 10.2. The van der Waals surface area contributed by atoms with Crippen LogP contribution in [0.2, 0.25) is 0 Å². The van der Waals surface area contributed by atoms with Crippen LogP contribution in [0.5, 0.6) is 0 Å². The summed E-state index contributed by atoms with van der Waals surface area (Å²) >= 11 is 0. The van der Waals surface area contributed by atoms with Gasteiger partial charge in [0.1, 0.15) is 11.2 Å². The standard InChI is InChI=1S/C24H30N8O2/c1-3-31-20-10-17(5-4-16(20)11-26-31)32-23-18(12-27-32)28-22(19(13-33)29-23)30-8-6-24(7-9-30)14-34-15(2)21(24)25/h4-5,10-12,15,21,33H,3,6-9,13-14,25H2,1-2H3/t15-,21+/m0/s1. The van der Waals surface area contributed by atoms with Crippen LogP contribution in [0.1, 0.15) is 32.4 Å². The van der Waals surface area contributed by atoms with Crippen LogP contribution in [-0.2, 0) is 17.9 Å². The zero-order valence-corrected chi connectivity index (χ0v) is 19.6. The molecule has 2 aliphatic rings. The summed E-state index contributed by atoms with van der Waals surface area (Å²) in [5, 5.41) is 20.2. The van der Waals surface area contributed by atoms with Crippen LogP contribution in [-0.4, -0.2) is 66.5 Å². The van der Waals surface area contributed by atoms with Crippen LogP contribution in [0.4, 0.5) is 5.82 Å². The molecule has 3 aromatic heterocycles. The Bertz CT molecular complexity index is 1350. The third kappa shape index (κ3) is 3.20. The van der Waals surface area contributed by atoms with E-state index in [0.29, 0.717) is 16.9 Å². The van der Waals surface area contributed by atoms with E-state index >= 15 is 0 Å². The Hall–Kier alpha value is -3.08. The SMILES string of the molecule is CCn1ncc2ccc(-n3ncc4nc(N5CCC6(CC5)CO[C@@H](C)[C@H]6N)c(CO)nc43)cc21. The quantitative estimate of drug-likeness (QED) is 0.473. The van der Waals surface area contributed by atoms with Gasteiger partial charge in [0.25, 0.3) is 0 Å². The molecule has 10 nitrogen and oxygen atoms in total. The predicted molar refractivity (Wildman–Crippen MR) is 129 cm³/mol. The van der Waals surface area contributed by atoms with Gasteiger partial charge in [0, 0.05) is 36.5 Å². The van der Waals surface area contributed by atoms with Crippen molar-refractivity contribution in [2.24, 2.45) is 11.1 Å². The summed E-state index contributed by atoms with van der Waals surface area (Å²) in [5.41, 5.74) is 10.3. The maximum atomic E-state index is 10.2. The van der Waals surface area contributed by atoms with E-state index in [1.807, 2.05) is 23.0 Å². The van der Waals surface area contributed by atoms with Gasteiger partial charge in [0.15, 0.2) is 11.5 Å². The highest BCUT2D eigenvalue weighted by molar-refractivity contribution is 5.82. The number of fused-ring (bicyclic) bond motifs is 2. The average molecular weight is 463 g/mol. The lowest BCUT2D eigenvalue weighted by molar-refractivity contribution is 0.0973.